The first-order valence-corrected chi connectivity index (χ1v) is 19.4. The molecule has 2 saturated carbocycles. The standard InChI is InChI=1S/C36H47N5O9S/c1-4-15-49-29-19-37-32(27-12-8-7-11-26(27)29)50-24-17-28-31(42)39-36(34(44)40-51(47,48)25-13-14-25)18-23(36)10-6-5-9-21(2)16-22(3)30(38-35(45)46)33(43)41(28)20-24/h6-8,10-12,19,21-25,28,30,38H,4-5,9,13-18,20H2,1-3H3,(H,39,42)(H,40,44)(H,45,46)/t21-,22+,23+,24+,28-,30-,36+/m0/s1. The Morgan fingerprint density at radius 1 is 1.12 bits per heavy atom. The summed E-state index contributed by atoms with van der Waals surface area (Å²) in [6.07, 6.45) is 7.17. The van der Waals surface area contributed by atoms with Gasteiger partial charge in [-0.05, 0) is 62.8 Å². The minimum Gasteiger partial charge on any atom is -0.491 e. The predicted molar refractivity (Wildman–Crippen MR) is 187 cm³/mol. The number of nitrogens with one attached hydrogen (secondary N) is 3. The third kappa shape index (κ3) is 7.92. The van der Waals surface area contributed by atoms with Crippen LogP contribution in [0.4, 0.5) is 4.79 Å². The fourth-order valence-electron chi connectivity index (χ4n) is 7.35. The van der Waals surface area contributed by atoms with E-state index >= 15 is 0 Å². The molecule has 0 bridgehead atoms. The van der Waals surface area contributed by atoms with Gasteiger partial charge in [-0.3, -0.25) is 19.1 Å². The predicted octanol–water partition coefficient (Wildman–Crippen LogP) is 3.50. The summed E-state index contributed by atoms with van der Waals surface area (Å²) >= 11 is 0. The van der Waals surface area contributed by atoms with Crippen molar-refractivity contribution in [3.8, 4) is 11.6 Å². The highest BCUT2D eigenvalue weighted by Crippen LogP contribution is 2.46. The molecule has 4 aliphatic rings. The van der Waals surface area contributed by atoms with E-state index in [-0.39, 0.29) is 31.2 Å². The van der Waals surface area contributed by atoms with Crippen molar-refractivity contribution in [3.63, 3.8) is 0 Å². The Morgan fingerprint density at radius 3 is 2.57 bits per heavy atom. The van der Waals surface area contributed by atoms with Crippen LogP contribution in [0.25, 0.3) is 10.8 Å². The van der Waals surface area contributed by atoms with Crippen LogP contribution < -0.4 is 24.8 Å². The topological polar surface area (TPSA) is 193 Å². The molecule has 6 rings (SSSR count). The number of fused-ring (bicyclic) bond motifs is 3. The Labute approximate surface area is 297 Å². The third-order valence-corrected chi connectivity index (χ3v) is 12.2. The Bertz CT molecular complexity index is 1810. The molecule has 276 valence electrons. The monoisotopic (exact) mass is 725 g/mol. The minimum absolute atomic E-state index is 0.0187. The Kier molecular flexibility index (Phi) is 10.5. The lowest BCUT2D eigenvalue weighted by Gasteiger charge is -2.32. The van der Waals surface area contributed by atoms with Crippen LogP contribution in [0.15, 0.2) is 42.6 Å². The lowest BCUT2D eigenvalue weighted by Crippen LogP contribution is -2.59. The second-order valence-electron chi connectivity index (χ2n) is 14.5. The van der Waals surface area contributed by atoms with Gasteiger partial charge >= 0.3 is 6.09 Å². The quantitative estimate of drug-likeness (QED) is 0.278. The van der Waals surface area contributed by atoms with Gasteiger partial charge in [-0.15, -0.1) is 0 Å². The van der Waals surface area contributed by atoms with Gasteiger partial charge in [0.15, 0.2) is 0 Å². The largest absolute Gasteiger partial charge is 0.491 e. The first-order valence-electron chi connectivity index (χ1n) is 17.8. The number of pyridine rings is 1. The number of carbonyl (C=O) groups is 4. The van der Waals surface area contributed by atoms with E-state index in [2.05, 4.69) is 20.3 Å². The smallest absolute Gasteiger partial charge is 0.405 e. The van der Waals surface area contributed by atoms with E-state index in [1.807, 2.05) is 57.2 Å². The molecule has 0 radical (unpaired) electrons. The molecule has 15 heteroatoms. The molecule has 2 aliphatic carbocycles. The highest BCUT2D eigenvalue weighted by Gasteiger charge is 2.62. The molecule has 2 aromatic rings. The number of rotatable bonds is 9. The fraction of sp³-hybridized carbons (Fsp3) is 0.583. The zero-order valence-corrected chi connectivity index (χ0v) is 30.0. The zero-order valence-electron chi connectivity index (χ0n) is 29.2. The van der Waals surface area contributed by atoms with Crippen molar-refractivity contribution in [1.29, 1.82) is 0 Å². The van der Waals surface area contributed by atoms with Crippen LogP contribution >= 0.6 is 0 Å². The number of amides is 4. The summed E-state index contributed by atoms with van der Waals surface area (Å²) in [5, 5.41) is 15.8. The van der Waals surface area contributed by atoms with Crippen molar-refractivity contribution in [2.75, 3.05) is 13.2 Å². The molecule has 51 heavy (non-hydrogen) atoms. The normalized spacial score (nSPS) is 29.9. The van der Waals surface area contributed by atoms with Crippen molar-refractivity contribution in [1.82, 2.24) is 25.2 Å². The molecular weight excluding hydrogens is 678 g/mol. The summed E-state index contributed by atoms with van der Waals surface area (Å²) in [4.78, 5) is 60.1. The molecule has 3 heterocycles. The van der Waals surface area contributed by atoms with E-state index < -0.39 is 74.7 Å². The van der Waals surface area contributed by atoms with Crippen molar-refractivity contribution >= 4 is 44.6 Å². The Balaban J connectivity index is 1.33. The number of sulfonamides is 1. The number of aromatic nitrogens is 1. The first-order chi connectivity index (χ1) is 24.3. The molecule has 4 amide bonds. The van der Waals surface area contributed by atoms with Crippen molar-refractivity contribution in [2.24, 2.45) is 17.8 Å². The van der Waals surface area contributed by atoms with E-state index in [1.54, 1.807) is 6.20 Å². The first kappa shape index (κ1) is 36.4. The Hall–Kier alpha value is -4.40. The number of hydrogen-bond donors (Lipinski definition) is 4. The summed E-state index contributed by atoms with van der Waals surface area (Å²) in [7, 11) is -3.90. The number of benzene rings is 1. The van der Waals surface area contributed by atoms with Gasteiger partial charge < -0.3 is 30.1 Å². The van der Waals surface area contributed by atoms with Crippen LogP contribution in [0.1, 0.15) is 72.1 Å². The number of nitrogens with zero attached hydrogens (tertiary/aromatic N) is 2. The van der Waals surface area contributed by atoms with Gasteiger partial charge in [0, 0.05) is 23.1 Å². The zero-order chi connectivity index (χ0) is 36.5. The second-order valence-corrected chi connectivity index (χ2v) is 16.5. The Morgan fingerprint density at radius 2 is 1.86 bits per heavy atom. The maximum atomic E-state index is 14.4. The van der Waals surface area contributed by atoms with Gasteiger partial charge in [0.2, 0.25) is 27.7 Å². The molecule has 3 fully saturated rings. The lowest BCUT2D eigenvalue weighted by molar-refractivity contribution is -0.142. The molecule has 1 aromatic heterocycles. The van der Waals surface area contributed by atoms with E-state index in [9.17, 15) is 32.7 Å². The molecule has 4 N–H and O–H groups in total. The van der Waals surface area contributed by atoms with E-state index in [0.29, 0.717) is 43.4 Å². The number of carbonyl (C=O) groups excluding carboxylic acids is 3. The van der Waals surface area contributed by atoms with Crippen LogP contribution in [0.3, 0.4) is 0 Å². The molecule has 7 atom stereocenters. The van der Waals surface area contributed by atoms with Crippen LogP contribution in [-0.4, -0.2) is 89.4 Å². The van der Waals surface area contributed by atoms with Gasteiger partial charge in [0.05, 0.1) is 24.6 Å². The highest BCUT2D eigenvalue weighted by atomic mass is 32.2. The van der Waals surface area contributed by atoms with Gasteiger partial charge in [0.1, 0.15) is 29.5 Å². The summed E-state index contributed by atoms with van der Waals surface area (Å²) in [5.41, 5.74) is -1.52. The molecule has 1 saturated heterocycles. The average molecular weight is 726 g/mol. The molecular formula is C36H47N5O9S. The maximum absolute atomic E-state index is 14.4. The number of ether oxygens (including phenoxy) is 2. The average Bonchev–Trinajstić information content (AvgIpc) is 4.01. The maximum Gasteiger partial charge on any atom is 0.405 e. The SMILES string of the molecule is CCCOc1cnc(O[C@@H]2C[C@H]3C(=O)N[C@]4(C(=O)NS(=O)(=O)C5CC5)C[C@H]4C=CCC[C@H](C)C[C@@H](C)[C@H](NC(=O)O)C(=O)N3C2)c2ccccc12. The van der Waals surface area contributed by atoms with Crippen molar-refractivity contribution < 1.29 is 42.2 Å². The van der Waals surface area contributed by atoms with Crippen LogP contribution in [0.5, 0.6) is 11.6 Å². The van der Waals surface area contributed by atoms with Gasteiger partial charge in [-0.1, -0.05) is 51.1 Å². The summed E-state index contributed by atoms with van der Waals surface area (Å²) in [6, 6.07) is 5.15. The van der Waals surface area contributed by atoms with Crippen LogP contribution in [0, 0.1) is 17.8 Å². The van der Waals surface area contributed by atoms with Gasteiger partial charge in [-0.25, -0.2) is 18.2 Å². The molecule has 0 unspecified atom stereocenters. The van der Waals surface area contributed by atoms with Crippen LogP contribution in [-0.2, 0) is 24.4 Å². The van der Waals surface area contributed by atoms with Crippen LogP contribution in [0.2, 0.25) is 0 Å². The molecule has 14 nitrogen and oxygen atoms in total. The fourth-order valence-corrected chi connectivity index (χ4v) is 8.71. The molecule has 1 aromatic carbocycles. The molecule has 0 spiro atoms. The highest BCUT2D eigenvalue weighted by molar-refractivity contribution is 7.91. The van der Waals surface area contributed by atoms with E-state index in [1.165, 1.54) is 4.90 Å². The second kappa shape index (κ2) is 14.7. The van der Waals surface area contributed by atoms with Gasteiger partial charge in [-0.2, -0.15) is 0 Å². The number of allylic oxidation sites excluding steroid dienone is 1. The summed E-state index contributed by atoms with van der Waals surface area (Å²) in [6.45, 7) is 6.30. The number of hydrogen-bond acceptors (Lipinski definition) is 9. The molecule has 2 aliphatic heterocycles. The summed E-state index contributed by atoms with van der Waals surface area (Å²) < 4.78 is 40.1. The van der Waals surface area contributed by atoms with Crippen molar-refractivity contribution in [3.05, 3.63) is 42.6 Å². The summed E-state index contributed by atoms with van der Waals surface area (Å²) in [5.74, 6) is -1.89. The van der Waals surface area contributed by atoms with E-state index in [0.717, 1.165) is 18.2 Å². The third-order valence-electron chi connectivity index (χ3n) is 10.4. The van der Waals surface area contributed by atoms with Gasteiger partial charge in [0.25, 0.3) is 5.91 Å². The lowest BCUT2D eigenvalue weighted by atomic mass is 9.88. The number of carboxylic acid groups (broad SMARTS) is 1. The minimum atomic E-state index is -3.90. The van der Waals surface area contributed by atoms with Crippen molar-refractivity contribution in [2.45, 2.75) is 101 Å². The van der Waals surface area contributed by atoms with E-state index in [4.69, 9.17) is 9.47 Å².